The Morgan fingerprint density at radius 2 is 2.00 bits per heavy atom. The number of halogens is 1. The van der Waals surface area contributed by atoms with Gasteiger partial charge in [0.1, 0.15) is 10.4 Å². The van der Waals surface area contributed by atoms with E-state index in [1.54, 1.807) is 0 Å². The fourth-order valence-electron chi connectivity index (χ4n) is 1.75. The first-order valence-electron chi connectivity index (χ1n) is 6.48. The molecule has 0 spiro atoms. The Hall–Kier alpha value is -1.23. The molecule has 0 radical (unpaired) electrons. The van der Waals surface area contributed by atoms with Crippen LogP contribution in [0.2, 0.25) is 0 Å². The summed E-state index contributed by atoms with van der Waals surface area (Å²) < 4.78 is 2.76. The van der Waals surface area contributed by atoms with Crippen LogP contribution < -0.4 is 0 Å². The molecular weight excluding hydrogens is 304 g/mol. The van der Waals surface area contributed by atoms with Crippen LogP contribution in [0, 0.1) is 0 Å². The quantitative estimate of drug-likeness (QED) is 0.807. The van der Waals surface area contributed by atoms with Crippen molar-refractivity contribution < 1.29 is 0 Å². The topological polar surface area (TPSA) is 43.6 Å². The van der Waals surface area contributed by atoms with Crippen LogP contribution in [-0.4, -0.2) is 19.7 Å². The molecule has 0 aromatic carbocycles. The number of nitrogens with zero attached hydrogens (tertiary/aromatic N) is 4. The smallest absolute Gasteiger partial charge is 0.135 e. The molecule has 0 saturated carbocycles. The van der Waals surface area contributed by atoms with E-state index in [2.05, 4.69) is 58.7 Å². The van der Waals surface area contributed by atoms with Gasteiger partial charge in [-0.1, -0.05) is 27.7 Å². The molecule has 0 atom stereocenters. The Labute approximate surface area is 122 Å². The molecule has 2 aromatic rings. The van der Waals surface area contributed by atoms with Gasteiger partial charge in [0.05, 0.1) is 11.9 Å². The van der Waals surface area contributed by atoms with Crippen LogP contribution >= 0.6 is 15.9 Å². The van der Waals surface area contributed by atoms with Crippen LogP contribution in [0.3, 0.4) is 0 Å². The number of hydrogen-bond acceptors (Lipinski definition) is 3. The normalized spacial score (nSPS) is 11.8. The second-order valence-corrected chi connectivity index (χ2v) is 6.45. The standard InChI is InChI=1S/C14H19BrN4/c1-5-6-19-9-10(8-16-19)11-7-12(15)18-13(17-11)14(2,3)4/h7-9H,5-6H2,1-4H3. The second-order valence-electron chi connectivity index (χ2n) is 5.64. The highest BCUT2D eigenvalue weighted by atomic mass is 79.9. The molecule has 2 aromatic heterocycles. The maximum atomic E-state index is 4.65. The average molecular weight is 323 g/mol. The molecule has 19 heavy (non-hydrogen) atoms. The Morgan fingerprint density at radius 3 is 2.63 bits per heavy atom. The maximum absolute atomic E-state index is 4.65. The lowest BCUT2D eigenvalue weighted by atomic mass is 9.95. The fraction of sp³-hybridized carbons (Fsp3) is 0.500. The van der Waals surface area contributed by atoms with Gasteiger partial charge in [-0.2, -0.15) is 5.10 Å². The molecule has 102 valence electrons. The minimum Gasteiger partial charge on any atom is -0.272 e. The minimum atomic E-state index is -0.0715. The van der Waals surface area contributed by atoms with E-state index < -0.39 is 0 Å². The van der Waals surface area contributed by atoms with Crippen molar-refractivity contribution >= 4 is 15.9 Å². The Bertz CT molecular complexity index is 569. The second kappa shape index (κ2) is 5.41. The largest absolute Gasteiger partial charge is 0.272 e. The zero-order valence-electron chi connectivity index (χ0n) is 11.8. The van der Waals surface area contributed by atoms with Crippen molar-refractivity contribution in [2.24, 2.45) is 0 Å². The molecule has 5 heteroatoms. The van der Waals surface area contributed by atoms with E-state index in [4.69, 9.17) is 0 Å². The first-order valence-corrected chi connectivity index (χ1v) is 7.27. The number of rotatable bonds is 3. The average Bonchev–Trinajstić information content (AvgIpc) is 2.76. The molecule has 0 bridgehead atoms. The Kier molecular flexibility index (Phi) is 4.04. The summed E-state index contributed by atoms with van der Waals surface area (Å²) in [4.78, 5) is 9.11. The van der Waals surface area contributed by atoms with Gasteiger partial charge in [0, 0.05) is 23.7 Å². The van der Waals surface area contributed by atoms with Crippen molar-refractivity contribution in [1.29, 1.82) is 0 Å². The highest BCUT2D eigenvalue weighted by Crippen LogP contribution is 2.25. The lowest BCUT2D eigenvalue weighted by molar-refractivity contribution is 0.544. The molecular formula is C14H19BrN4. The van der Waals surface area contributed by atoms with Crippen molar-refractivity contribution in [3.05, 3.63) is 28.9 Å². The molecule has 4 nitrogen and oxygen atoms in total. The van der Waals surface area contributed by atoms with Gasteiger partial charge in [0.25, 0.3) is 0 Å². The summed E-state index contributed by atoms with van der Waals surface area (Å²) in [5, 5.41) is 4.34. The summed E-state index contributed by atoms with van der Waals surface area (Å²) in [5.74, 6) is 0.833. The van der Waals surface area contributed by atoms with Crippen LogP contribution in [0.1, 0.15) is 39.9 Å². The van der Waals surface area contributed by atoms with E-state index in [9.17, 15) is 0 Å². The minimum absolute atomic E-state index is 0.0715. The summed E-state index contributed by atoms with van der Waals surface area (Å²) in [6.07, 6.45) is 4.96. The van der Waals surface area contributed by atoms with E-state index in [1.807, 2.05) is 23.1 Å². The first kappa shape index (κ1) is 14.2. The summed E-state index contributed by atoms with van der Waals surface area (Å²) in [6, 6.07) is 1.93. The lowest BCUT2D eigenvalue weighted by Gasteiger charge is -2.17. The molecule has 2 rings (SSSR count). The third-order valence-corrected chi connectivity index (χ3v) is 3.15. The number of hydrogen-bond donors (Lipinski definition) is 0. The van der Waals surface area contributed by atoms with Gasteiger partial charge in [-0.3, -0.25) is 4.68 Å². The molecule has 2 heterocycles. The predicted octanol–water partition coefficient (Wildman–Crippen LogP) is 3.81. The highest BCUT2D eigenvalue weighted by molar-refractivity contribution is 9.10. The zero-order chi connectivity index (χ0) is 14.0. The lowest BCUT2D eigenvalue weighted by Crippen LogP contribution is -2.16. The molecule has 0 fully saturated rings. The molecule has 0 unspecified atom stereocenters. The van der Waals surface area contributed by atoms with Gasteiger partial charge in [-0.15, -0.1) is 0 Å². The molecule has 0 N–H and O–H groups in total. The van der Waals surface area contributed by atoms with Gasteiger partial charge < -0.3 is 0 Å². The van der Waals surface area contributed by atoms with Crippen LogP contribution in [0.5, 0.6) is 0 Å². The van der Waals surface area contributed by atoms with E-state index >= 15 is 0 Å². The molecule has 0 aliphatic heterocycles. The molecule has 0 aliphatic rings. The van der Waals surface area contributed by atoms with Crippen molar-refractivity contribution in [2.45, 2.75) is 46.1 Å². The van der Waals surface area contributed by atoms with Gasteiger partial charge >= 0.3 is 0 Å². The van der Waals surface area contributed by atoms with Gasteiger partial charge in [-0.05, 0) is 28.4 Å². The molecule has 0 amide bonds. The monoisotopic (exact) mass is 322 g/mol. The third kappa shape index (κ3) is 3.41. The van der Waals surface area contributed by atoms with Gasteiger partial charge in [0.15, 0.2) is 0 Å². The zero-order valence-corrected chi connectivity index (χ0v) is 13.4. The summed E-state index contributed by atoms with van der Waals surface area (Å²) in [6.45, 7) is 9.40. The maximum Gasteiger partial charge on any atom is 0.135 e. The van der Waals surface area contributed by atoms with E-state index in [0.29, 0.717) is 0 Å². The van der Waals surface area contributed by atoms with Gasteiger partial charge in [-0.25, -0.2) is 9.97 Å². The van der Waals surface area contributed by atoms with Crippen LogP contribution in [-0.2, 0) is 12.0 Å². The fourth-order valence-corrected chi connectivity index (χ4v) is 2.13. The highest BCUT2D eigenvalue weighted by Gasteiger charge is 2.19. The molecule has 0 saturated heterocycles. The SMILES string of the molecule is CCCn1cc(-c2cc(Br)nc(C(C)(C)C)n2)cn1. The van der Waals surface area contributed by atoms with Crippen molar-refractivity contribution in [1.82, 2.24) is 19.7 Å². The van der Waals surface area contributed by atoms with E-state index in [0.717, 1.165) is 34.7 Å². The summed E-state index contributed by atoms with van der Waals surface area (Å²) in [5.41, 5.74) is 1.87. The Balaban J connectivity index is 2.41. The molecule has 0 aliphatic carbocycles. The number of aryl methyl sites for hydroxylation is 1. The van der Waals surface area contributed by atoms with Crippen LogP contribution in [0.15, 0.2) is 23.1 Å². The summed E-state index contributed by atoms with van der Waals surface area (Å²) >= 11 is 3.46. The van der Waals surface area contributed by atoms with Gasteiger partial charge in [0.2, 0.25) is 0 Å². The van der Waals surface area contributed by atoms with Crippen LogP contribution in [0.4, 0.5) is 0 Å². The predicted molar refractivity (Wildman–Crippen MR) is 79.9 cm³/mol. The Morgan fingerprint density at radius 1 is 1.26 bits per heavy atom. The summed E-state index contributed by atoms with van der Waals surface area (Å²) in [7, 11) is 0. The van der Waals surface area contributed by atoms with Crippen molar-refractivity contribution in [3.8, 4) is 11.3 Å². The first-order chi connectivity index (χ1) is 8.90. The number of aromatic nitrogens is 4. The van der Waals surface area contributed by atoms with Crippen molar-refractivity contribution in [3.63, 3.8) is 0 Å². The van der Waals surface area contributed by atoms with E-state index in [1.165, 1.54) is 0 Å². The van der Waals surface area contributed by atoms with E-state index in [-0.39, 0.29) is 5.41 Å². The van der Waals surface area contributed by atoms with Crippen LogP contribution in [0.25, 0.3) is 11.3 Å². The third-order valence-electron chi connectivity index (χ3n) is 2.75. The van der Waals surface area contributed by atoms with Crippen molar-refractivity contribution in [2.75, 3.05) is 0 Å².